The van der Waals surface area contributed by atoms with E-state index in [1.807, 2.05) is 11.8 Å². The fraction of sp³-hybridized carbons (Fsp3) is 0.700. The molecule has 18 heavy (non-hydrogen) atoms. The largest absolute Gasteiger partial charge is 0.409 e. The zero-order valence-electron chi connectivity index (χ0n) is 10.7. The van der Waals surface area contributed by atoms with Crippen LogP contribution in [0, 0.1) is 0 Å². The highest BCUT2D eigenvalue weighted by atomic mass is 32.1. The molecule has 0 spiro atoms. The van der Waals surface area contributed by atoms with Crippen LogP contribution in [0.2, 0.25) is 0 Å². The van der Waals surface area contributed by atoms with Gasteiger partial charge in [-0.2, -0.15) is 4.37 Å². The summed E-state index contributed by atoms with van der Waals surface area (Å²) in [6.45, 7) is 3.93. The van der Waals surface area contributed by atoms with Gasteiger partial charge >= 0.3 is 0 Å². The molecule has 3 N–H and O–H groups in total. The highest BCUT2D eigenvalue weighted by molar-refractivity contribution is 7.09. The van der Waals surface area contributed by atoms with E-state index in [0.29, 0.717) is 26.1 Å². The molecule has 0 aromatic carbocycles. The number of aromatic nitrogens is 2. The van der Waals surface area contributed by atoms with E-state index in [4.69, 9.17) is 15.7 Å². The van der Waals surface area contributed by atoms with Crippen LogP contribution >= 0.6 is 11.5 Å². The molecule has 0 aliphatic rings. The van der Waals surface area contributed by atoms with Crippen molar-refractivity contribution in [3.63, 3.8) is 0 Å². The Kier molecular flexibility index (Phi) is 6.37. The van der Waals surface area contributed by atoms with Crippen LogP contribution in [-0.4, -0.2) is 47.2 Å². The number of ether oxygens (including phenoxy) is 1. The fourth-order valence-corrected chi connectivity index (χ4v) is 2.12. The van der Waals surface area contributed by atoms with E-state index < -0.39 is 0 Å². The van der Waals surface area contributed by atoms with Crippen LogP contribution in [0.1, 0.15) is 19.2 Å². The summed E-state index contributed by atoms with van der Waals surface area (Å²) in [5, 5.41) is 12.3. The van der Waals surface area contributed by atoms with Gasteiger partial charge in [-0.1, -0.05) is 12.1 Å². The SMILES string of the molecule is CCc1nsc(N(CCOC)CCC(N)=NO)n1. The number of aryl methyl sites for hydroxylation is 1. The molecule has 0 atom stereocenters. The Morgan fingerprint density at radius 2 is 2.33 bits per heavy atom. The molecule has 0 radical (unpaired) electrons. The molecular weight excluding hydrogens is 254 g/mol. The Hall–Kier alpha value is -1.41. The van der Waals surface area contributed by atoms with Crippen molar-refractivity contribution in [1.82, 2.24) is 9.36 Å². The molecule has 102 valence electrons. The van der Waals surface area contributed by atoms with E-state index in [-0.39, 0.29) is 5.84 Å². The monoisotopic (exact) mass is 273 g/mol. The molecule has 8 heteroatoms. The summed E-state index contributed by atoms with van der Waals surface area (Å²) >= 11 is 1.36. The van der Waals surface area contributed by atoms with Crippen LogP contribution in [0.3, 0.4) is 0 Å². The average molecular weight is 273 g/mol. The highest BCUT2D eigenvalue weighted by Gasteiger charge is 2.12. The van der Waals surface area contributed by atoms with Gasteiger partial charge in [-0.15, -0.1) is 0 Å². The molecular formula is C10H19N5O2S. The number of methoxy groups -OCH3 is 1. The highest BCUT2D eigenvalue weighted by Crippen LogP contribution is 2.17. The second kappa shape index (κ2) is 7.83. The molecule has 1 heterocycles. The van der Waals surface area contributed by atoms with Gasteiger partial charge in [-0.05, 0) is 0 Å². The first kappa shape index (κ1) is 14.7. The second-order valence-corrected chi connectivity index (χ2v) is 4.40. The van der Waals surface area contributed by atoms with Gasteiger partial charge in [0.15, 0.2) is 0 Å². The summed E-state index contributed by atoms with van der Waals surface area (Å²) in [6.07, 6.45) is 1.29. The molecule has 0 fully saturated rings. The number of hydrogen-bond donors (Lipinski definition) is 2. The van der Waals surface area contributed by atoms with Crippen molar-refractivity contribution in [2.45, 2.75) is 19.8 Å². The molecule has 0 aliphatic carbocycles. The van der Waals surface area contributed by atoms with Gasteiger partial charge in [0.05, 0.1) is 6.61 Å². The van der Waals surface area contributed by atoms with Gasteiger partial charge in [0.2, 0.25) is 5.13 Å². The molecule has 0 unspecified atom stereocenters. The topological polar surface area (TPSA) is 96.9 Å². The lowest BCUT2D eigenvalue weighted by Gasteiger charge is -2.20. The maximum atomic E-state index is 8.53. The van der Waals surface area contributed by atoms with Crippen molar-refractivity contribution in [2.24, 2.45) is 10.9 Å². The third kappa shape index (κ3) is 4.46. The van der Waals surface area contributed by atoms with E-state index in [0.717, 1.165) is 17.4 Å². The van der Waals surface area contributed by atoms with Crippen LogP contribution in [0.5, 0.6) is 0 Å². The molecule has 0 saturated carbocycles. The van der Waals surface area contributed by atoms with E-state index in [1.54, 1.807) is 7.11 Å². The predicted octanol–water partition coefficient (Wildman–Crippen LogP) is 0.690. The number of nitrogens with two attached hydrogens (primary N) is 1. The molecule has 0 bridgehead atoms. The number of anilines is 1. The van der Waals surface area contributed by atoms with Crippen molar-refractivity contribution >= 4 is 22.5 Å². The predicted molar refractivity (Wildman–Crippen MR) is 71.4 cm³/mol. The van der Waals surface area contributed by atoms with Gasteiger partial charge in [0.25, 0.3) is 0 Å². The van der Waals surface area contributed by atoms with Gasteiger partial charge in [-0.3, -0.25) is 0 Å². The van der Waals surface area contributed by atoms with Gasteiger partial charge < -0.3 is 20.6 Å². The van der Waals surface area contributed by atoms with Crippen molar-refractivity contribution in [1.29, 1.82) is 0 Å². The standard InChI is InChI=1S/C10H19N5O2S/c1-3-9-12-10(18-14-9)15(6-7-17-2)5-4-8(11)13-16/h16H,3-7H2,1-2H3,(H2,11,13). The lowest BCUT2D eigenvalue weighted by Crippen LogP contribution is -2.31. The van der Waals surface area contributed by atoms with Gasteiger partial charge in [-0.25, -0.2) is 4.98 Å². The van der Waals surface area contributed by atoms with Crippen LogP contribution in [0.4, 0.5) is 5.13 Å². The average Bonchev–Trinajstić information content (AvgIpc) is 2.87. The minimum absolute atomic E-state index is 0.206. The Labute approximate surface area is 110 Å². The minimum atomic E-state index is 0.206. The first-order chi connectivity index (χ1) is 8.71. The van der Waals surface area contributed by atoms with E-state index in [2.05, 4.69) is 14.5 Å². The summed E-state index contributed by atoms with van der Waals surface area (Å²) in [7, 11) is 1.65. The summed E-state index contributed by atoms with van der Waals surface area (Å²) in [5.74, 6) is 1.04. The maximum Gasteiger partial charge on any atom is 0.205 e. The number of oxime groups is 1. The Morgan fingerprint density at radius 3 is 2.89 bits per heavy atom. The molecule has 1 aromatic heterocycles. The molecule has 7 nitrogen and oxygen atoms in total. The maximum absolute atomic E-state index is 8.53. The third-order valence-corrected chi connectivity index (χ3v) is 3.19. The zero-order chi connectivity index (χ0) is 13.4. The van der Waals surface area contributed by atoms with Gasteiger partial charge in [0, 0.05) is 44.6 Å². The van der Waals surface area contributed by atoms with Crippen LogP contribution in [0.15, 0.2) is 5.16 Å². The van der Waals surface area contributed by atoms with Crippen LogP contribution in [0.25, 0.3) is 0 Å². The van der Waals surface area contributed by atoms with Crippen LogP contribution in [-0.2, 0) is 11.2 Å². The first-order valence-electron chi connectivity index (χ1n) is 5.74. The normalized spacial score (nSPS) is 11.8. The summed E-state index contributed by atoms with van der Waals surface area (Å²) in [4.78, 5) is 6.45. The second-order valence-electron chi connectivity index (χ2n) is 3.67. The van der Waals surface area contributed by atoms with Crippen molar-refractivity contribution in [3.05, 3.63) is 5.82 Å². The molecule has 0 saturated heterocycles. The van der Waals surface area contributed by atoms with Gasteiger partial charge in [0.1, 0.15) is 11.7 Å². The van der Waals surface area contributed by atoms with Crippen molar-refractivity contribution < 1.29 is 9.94 Å². The Balaban J connectivity index is 2.64. The Bertz CT molecular complexity index is 382. The van der Waals surface area contributed by atoms with E-state index >= 15 is 0 Å². The number of amidine groups is 1. The van der Waals surface area contributed by atoms with E-state index in [1.165, 1.54) is 11.5 Å². The van der Waals surface area contributed by atoms with E-state index in [9.17, 15) is 0 Å². The molecule has 1 aromatic rings. The smallest absolute Gasteiger partial charge is 0.205 e. The zero-order valence-corrected chi connectivity index (χ0v) is 11.5. The molecule has 1 rings (SSSR count). The quantitative estimate of drug-likeness (QED) is 0.313. The number of rotatable bonds is 8. The fourth-order valence-electron chi connectivity index (χ4n) is 1.32. The summed E-state index contributed by atoms with van der Waals surface area (Å²) < 4.78 is 9.31. The number of nitrogens with zero attached hydrogens (tertiary/aromatic N) is 4. The summed E-state index contributed by atoms with van der Waals surface area (Å²) in [6, 6.07) is 0. The van der Waals surface area contributed by atoms with Crippen molar-refractivity contribution in [3.8, 4) is 0 Å². The molecule has 0 amide bonds. The minimum Gasteiger partial charge on any atom is -0.409 e. The molecule has 0 aliphatic heterocycles. The van der Waals surface area contributed by atoms with Crippen LogP contribution < -0.4 is 10.6 Å². The third-order valence-electron chi connectivity index (χ3n) is 2.38. The van der Waals surface area contributed by atoms with Crippen molar-refractivity contribution in [2.75, 3.05) is 31.7 Å². The Morgan fingerprint density at radius 1 is 1.56 bits per heavy atom. The first-order valence-corrected chi connectivity index (χ1v) is 6.51. The summed E-state index contributed by atoms with van der Waals surface area (Å²) in [5.41, 5.74) is 5.47. The lowest BCUT2D eigenvalue weighted by atomic mass is 10.3. The number of hydrogen-bond acceptors (Lipinski definition) is 7. The lowest BCUT2D eigenvalue weighted by molar-refractivity contribution is 0.205.